The quantitative estimate of drug-likeness (QED) is 0.527. The average molecular weight is 306 g/mol. The Kier molecular flexibility index (Phi) is 3.31. The molecule has 0 saturated heterocycles. The molecule has 0 aromatic heterocycles. The number of hydrogen-bond donors (Lipinski definition) is 1. The first-order valence-corrected chi connectivity index (χ1v) is 7.08. The number of carbonyl (C=O) groups excluding carboxylic acids is 2. The molecule has 1 aliphatic rings. The lowest BCUT2D eigenvalue weighted by atomic mass is 10.6. The van der Waals surface area contributed by atoms with Crippen LogP contribution in [0.5, 0.6) is 0 Å². The van der Waals surface area contributed by atoms with Gasteiger partial charge in [-0.3, -0.25) is 9.59 Å². The number of carbonyl (C=O) groups is 2. The van der Waals surface area contributed by atoms with Gasteiger partial charge >= 0.3 is 15.7 Å². The van der Waals surface area contributed by atoms with Gasteiger partial charge in [-0.25, -0.2) is 4.21 Å². The molecule has 1 unspecified atom stereocenters. The number of nitrogens with one attached hydrogen (secondary N) is 1. The number of rotatable bonds is 3. The summed E-state index contributed by atoms with van der Waals surface area (Å²) < 4.78 is 70.4. The van der Waals surface area contributed by atoms with E-state index in [9.17, 15) is 35.4 Å². The summed E-state index contributed by atoms with van der Waals surface area (Å²) in [6.07, 6.45) is 1.08. The summed E-state index contributed by atoms with van der Waals surface area (Å²) in [6, 6.07) is 0. The second-order valence-corrected chi connectivity index (χ2v) is 6.78. The second kappa shape index (κ2) is 4.07. The Morgan fingerprint density at radius 3 is 1.83 bits per heavy atom. The van der Waals surface area contributed by atoms with Gasteiger partial charge in [-0.1, -0.05) is 0 Å². The van der Waals surface area contributed by atoms with E-state index >= 15 is 0 Å². The molecule has 18 heavy (non-hydrogen) atoms. The van der Waals surface area contributed by atoms with Crippen LogP contribution < -0.4 is 4.13 Å². The minimum Gasteiger partial charge on any atom is -0.268 e. The molecule has 102 valence electrons. The summed E-state index contributed by atoms with van der Waals surface area (Å²) in [5.74, 6) is -0.550. The van der Waals surface area contributed by atoms with Gasteiger partial charge in [0, 0.05) is 12.2 Å². The van der Waals surface area contributed by atoms with E-state index in [-0.39, 0.29) is 0 Å². The van der Waals surface area contributed by atoms with E-state index in [0.29, 0.717) is 16.3 Å². The first kappa shape index (κ1) is 14.7. The molecule has 0 saturated carbocycles. The van der Waals surface area contributed by atoms with Crippen LogP contribution in [0, 0.1) is 0 Å². The molecule has 0 radical (unpaired) electrons. The molecule has 0 aromatic rings. The lowest BCUT2D eigenvalue weighted by Gasteiger charge is -2.18. The maximum absolute atomic E-state index is 12.2. The van der Waals surface area contributed by atoms with Gasteiger partial charge in [-0.05, 0) is 5.87 Å². The molecule has 0 aromatic carbocycles. The molecular weight excluding hydrogens is 301 g/mol. The van der Waals surface area contributed by atoms with Crippen LogP contribution in [0.4, 0.5) is 13.2 Å². The lowest BCUT2D eigenvalue weighted by Crippen LogP contribution is -2.49. The van der Waals surface area contributed by atoms with Gasteiger partial charge in [0.25, 0.3) is 11.8 Å². The highest BCUT2D eigenvalue weighted by atomic mass is 32.3. The van der Waals surface area contributed by atoms with Gasteiger partial charge in [-0.2, -0.15) is 25.9 Å². The zero-order valence-electron chi connectivity index (χ0n) is 8.30. The fourth-order valence-corrected chi connectivity index (χ4v) is 3.51. The van der Waals surface area contributed by atoms with E-state index < -0.39 is 41.5 Å². The Labute approximate surface area is 99.6 Å². The molecule has 1 atom stereocenters. The summed E-state index contributed by atoms with van der Waals surface area (Å²) in [4.78, 5) is 21.9. The maximum atomic E-state index is 12.2. The Morgan fingerprint density at radius 2 is 1.50 bits per heavy atom. The van der Waals surface area contributed by atoms with Gasteiger partial charge in [0.15, 0.2) is 0 Å². The van der Waals surface area contributed by atoms with Crippen molar-refractivity contribution in [2.45, 2.75) is 5.51 Å². The predicted molar refractivity (Wildman–Crippen MR) is 54.4 cm³/mol. The van der Waals surface area contributed by atoms with E-state index in [0.717, 1.165) is 0 Å². The van der Waals surface area contributed by atoms with Gasteiger partial charge < -0.3 is 0 Å². The highest BCUT2D eigenvalue weighted by molar-refractivity contribution is 8.09. The normalized spacial score (nSPS) is 20.3. The van der Waals surface area contributed by atoms with Crippen LogP contribution in [0.3, 0.4) is 0 Å². The Morgan fingerprint density at radius 1 is 1.11 bits per heavy atom. The van der Waals surface area contributed by atoms with Crippen molar-refractivity contribution in [2.75, 3.05) is 0 Å². The van der Waals surface area contributed by atoms with Crippen LogP contribution >= 0.6 is 0 Å². The van der Waals surface area contributed by atoms with Crippen molar-refractivity contribution in [1.29, 1.82) is 0 Å². The summed E-state index contributed by atoms with van der Waals surface area (Å²) in [5.41, 5.74) is -5.46. The first-order chi connectivity index (χ1) is 7.88. The Bertz CT molecular complexity index is 613. The largest absolute Gasteiger partial charge is 0.477 e. The van der Waals surface area contributed by atoms with Gasteiger partial charge in [0.1, 0.15) is 9.71 Å². The number of nitrogens with zero attached hydrogens (tertiary/aromatic N) is 1. The smallest absolute Gasteiger partial charge is 0.268 e. The second-order valence-electron chi connectivity index (χ2n) is 2.98. The van der Waals surface area contributed by atoms with Gasteiger partial charge in [0.2, 0.25) is 0 Å². The van der Waals surface area contributed by atoms with E-state index in [1.165, 1.54) is 0 Å². The molecule has 0 fully saturated rings. The van der Waals surface area contributed by atoms with Crippen molar-refractivity contribution in [2.24, 2.45) is 0 Å². The minimum absolute atomic E-state index is 0.483. The maximum Gasteiger partial charge on any atom is 0.477 e. The van der Waals surface area contributed by atoms with Crippen LogP contribution in [0.1, 0.15) is 0 Å². The number of amides is 2. The van der Waals surface area contributed by atoms with Gasteiger partial charge in [0.05, 0.1) is 0 Å². The zero-order chi connectivity index (χ0) is 14.4. The molecular formula is C6H5F3N2O5S2. The zero-order valence-corrected chi connectivity index (χ0v) is 9.93. The molecule has 0 spiro atoms. The molecule has 7 nitrogen and oxygen atoms in total. The molecule has 12 heteroatoms. The van der Waals surface area contributed by atoms with E-state index in [1.807, 2.05) is 0 Å². The van der Waals surface area contributed by atoms with E-state index in [1.54, 1.807) is 0 Å². The third-order valence-corrected chi connectivity index (χ3v) is 5.13. The molecule has 1 heterocycles. The molecule has 1 rings (SSSR count). The van der Waals surface area contributed by atoms with Crippen molar-refractivity contribution < 1.29 is 35.4 Å². The highest BCUT2D eigenvalue weighted by Gasteiger charge is 2.45. The van der Waals surface area contributed by atoms with Crippen LogP contribution in [-0.4, -0.2) is 40.1 Å². The Hall–Kier alpha value is -1.40. The standard InChI is InChI=1S/C6H5F3N2O5S2/c1-17(14,6(7,8)9)10-18(15,16)11-4(12)2-3-5(11)13/h2-3H,1H2,(H,10,14). The summed E-state index contributed by atoms with van der Waals surface area (Å²) in [7, 11) is -10.5. The number of hydrogen-bond acceptors (Lipinski definition) is 5. The van der Waals surface area contributed by atoms with Crippen LogP contribution in [0.25, 0.3) is 0 Å². The Balaban J connectivity index is 3.13. The van der Waals surface area contributed by atoms with Crippen LogP contribution in [0.2, 0.25) is 0 Å². The molecule has 0 aliphatic carbocycles. The average Bonchev–Trinajstić information content (AvgIpc) is 2.42. The van der Waals surface area contributed by atoms with E-state index in [2.05, 4.69) is 5.87 Å². The third-order valence-electron chi connectivity index (χ3n) is 1.62. The molecule has 1 N–H and O–H groups in total. The van der Waals surface area contributed by atoms with Crippen LogP contribution in [0.15, 0.2) is 12.2 Å². The van der Waals surface area contributed by atoms with Crippen molar-refractivity contribution in [1.82, 2.24) is 8.43 Å². The number of halogens is 3. The highest BCUT2D eigenvalue weighted by Crippen LogP contribution is 2.23. The molecule has 2 amide bonds. The fraction of sp³-hybridized carbons (Fsp3) is 0.167. The lowest BCUT2D eigenvalue weighted by molar-refractivity contribution is -0.130. The number of imide groups is 1. The van der Waals surface area contributed by atoms with Crippen molar-refractivity contribution in [3.63, 3.8) is 0 Å². The summed E-state index contributed by atoms with van der Waals surface area (Å²) >= 11 is 0. The number of alkyl halides is 3. The van der Waals surface area contributed by atoms with E-state index in [4.69, 9.17) is 0 Å². The fourth-order valence-electron chi connectivity index (χ4n) is 0.878. The predicted octanol–water partition coefficient (Wildman–Crippen LogP) is -1.10. The topological polar surface area (TPSA) is 101 Å². The minimum atomic E-state index is -5.46. The third kappa shape index (κ3) is 2.54. The monoisotopic (exact) mass is 306 g/mol. The first-order valence-electron chi connectivity index (χ1n) is 3.92. The molecule has 1 aliphatic heterocycles. The van der Waals surface area contributed by atoms with Crippen molar-refractivity contribution in [3.8, 4) is 0 Å². The SMILES string of the molecule is C=S(=O)(NS(=O)(=O)N1C(=O)C=CC1=O)C(F)(F)F. The van der Waals surface area contributed by atoms with Gasteiger partial charge in [-0.15, -0.1) is 4.13 Å². The summed E-state index contributed by atoms with van der Waals surface area (Å²) in [5, 5.41) is 0. The van der Waals surface area contributed by atoms with Crippen molar-refractivity contribution >= 4 is 37.6 Å². The van der Waals surface area contributed by atoms with Crippen molar-refractivity contribution in [3.05, 3.63) is 12.2 Å². The molecule has 0 bridgehead atoms. The summed E-state index contributed by atoms with van der Waals surface area (Å²) in [6.45, 7) is 0. The van der Waals surface area contributed by atoms with Crippen LogP contribution in [-0.2, 0) is 29.5 Å².